The third-order valence-corrected chi connectivity index (χ3v) is 1.34. The molecular formula is C7H15N3O3. The molecule has 0 aromatic rings. The summed E-state index contributed by atoms with van der Waals surface area (Å²) in [5.41, 5.74) is 1.73. The van der Waals surface area contributed by atoms with Crippen LogP contribution in [0, 0.1) is 0 Å². The first-order valence-electron chi connectivity index (χ1n) is 4.02. The van der Waals surface area contributed by atoms with Crippen molar-refractivity contribution in [3.05, 3.63) is 0 Å². The Morgan fingerprint density at radius 1 is 1.46 bits per heavy atom. The number of hydrogen-bond donors (Lipinski definition) is 3. The molecule has 0 aliphatic heterocycles. The average Bonchev–Trinajstić information content (AvgIpc) is 2.13. The summed E-state index contributed by atoms with van der Waals surface area (Å²) in [4.78, 5) is 21.4. The predicted octanol–water partition coefficient (Wildman–Crippen LogP) is -1.48. The molecular weight excluding hydrogens is 174 g/mol. The topological polar surface area (TPSA) is 93.4 Å². The van der Waals surface area contributed by atoms with Gasteiger partial charge in [0, 0.05) is 13.2 Å². The fraction of sp³-hybridized carbons (Fsp3) is 0.714. The van der Waals surface area contributed by atoms with Gasteiger partial charge in [0.25, 0.3) is 0 Å². The van der Waals surface area contributed by atoms with E-state index in [1.165, 1.54) is 0 Å². The Morgan fingerprint density at radius 3 is 2.54 bits per heavy atom. The maximum absolute atomic E-state index is 10.8. The minimum atomic E-state index is -0.858. The van der Waals surface area contributed by atoms with E-state index in [0.29, 0.717) is 13.2 Å². The van der Waals surface area contributed by atoms with Gasteiger partial charge in [0.2, 0.25) is 0 Å². The monoisotopic (exact) mass is 189 g/mol. The number of ether oxygens (including phenoxy) is 1. The standard InChI is InChI=1S/C7H15N3O3/c1-3-13-5(2)4-9-6(11)7(12)10-8/h5H,3-4,8H2,1-2H3,(H,9,11)(H,10,12). The largest absolute Gasteiger partial charge is 0.377 e. The first kappa shape index (κ1) is 11.9. The first-order valence-corrected chi connectivity index (χ1v) is 4.02. The third-order valence-electron chi connectivity index (χ3n) is 1.34. The first-order chi connectivity index (χ1) is 6.11. The molecule has 0 aromatic heterocycles. The van der Waals surface area contributed by atoms with Gasteiger partial charge in [-0.25, -0.2) is 5.84 Å². The molecule has 0 aromatic carbocycles. The molecule has 0 rings (SSSR count). The lowest BCUT2D eigenvalue weighted by molar-refractivity contribution is -0.139. The Bertz CT molecular complexity index is 184. The number of nitrogens with one attached hydrogen (secondary N) is 2. The van der Waals surface area contributed by atoms with Gasteiger partial charge in [0.15, 0.2) is 0 Å². The Labute approximate surface area is 76.8 Å². The minimum absolute atomic E-state index is 0.112. The number of amides is 2. The Hall–Kier alpha value is -1.14. The number of carbonyl (C=O) groups is 2. The molecule has 6 nitrogen and oxygen atoms in total. The average molecular weight is 189 g/mol. The lowest BCUT2D eigenvalue weighted by Crippen LogP contribution is -2.45. The van der Waals surface area contributed by atoms with Crippen molar-refractivity contribution in [2.45, 2.75) is 20.0 Å². The molecule has 0 heterocycles. The molecule has 0 bridgehead atoms. The SMILES string of the molecule is CCOC(C)CNC(=O)C(=O)NN. The van der Waals surface area contributed by atoms with Crippen LogP contribution in [-0.4, -0.2) is 31.1 Å². The molecule has 0 saturated carbocycles. The Morgan fingerprint density at radius 2 is 2.08 bits per heavy atom. The lowest BCUT2D eigenvalue weighted by Gasteiger charge is -2.11. The summed E-state index contributed by atoms with van der Waals surface area (Å²) in [6, 6.07) is 0. The van der Waals surface area contributed by atoms with E-state index in [1.54, 1.807) is 12.3 Å². The van der Waals surface area contributed by atoms with Crippen LogP contribution in [0.15, 0.2) is 0 Å². The van der Waals surface area contributed by atoms with Crippen molar-refractivity contribution < 1.29 is 14.3 Å². The highest BCUT2D eigenvalue weighted by molar-refractivity contribution is 6.34. The van der Waals surface area contributed by atoms with Crippen LogP contribution < -0.4 is 16.6 Å². The molecule has 0 saturated heterocycles. The fourth-order valence-electron chi connectivity index (χ4n) is 0.726. The normalized spacial score (nSPS) is 11.9. The van der Waals surface area contributed by atoms with Gasteiger partial charge in [-0.3, -0.25) is 15.0 Å². The summed E-state index contributed by atoms with van der Waals surface area (Å²) < 4.78 is 5.13. The highest BCUT2D eigenvalue weighted by Gasteiger charge is 2.11. The maximum Gasteiger partial charge on any atom is 0.323 e. The molecule has 0 radical (unpaired) electrons. The fourth-order valence-corrected chi connectivity index (χ4v) is 0.726. The van der Waals surface area contributed by atoms with E-state index >= 15 is 0 Å². The molecule has 4 N–H and O–H groups in total. The van der Waals surface area contributed by atoms with Gasteiger partial charge in [0.05, 0.1) is 6.10 Å². The van der Waals surface area contributed by atoms with E-state index in [2.05, 4.69) is 5.32 Å². The number of hydrogen-bond acceptors (Lipinski definition) is 4. The van der Waals surface area contributed by atoms with Crippen LogP contribution in [-0.2, 0) is 14.3 Å². The molecule has 2 amide bonds. The van der Waals surface area contributed by atoms with Crippen LogP contribution in [0.4, 0.5) is 0 Å². The van der Waals surface area contributed by atoms with E-state index in [4.69, 9.17) is 10.6 Å². The van der Waals surface area contributed by atoms with Crippen LogP contribution >= 0.6 is 0 Å². The van der Waals surface area contributed by atoms with E-state index in [0.717, 1.165) is 0 Å². The van der Waals surface area contributed by atoms with Crippen molar-refractivity contribution in [3.8, 4) is 0 Å². The predicted molar refractivity (Wildman–Crippen MR) is 46.4 cm³/mol. The van der Waals surface area contributed by atoms with E-state index in [-0.39, 0.29) is 6.10 Å². The molecule has 0 fully saturated rings. The Balaban J connectivity index is 3.63. The number of nitrogens with two attached hydrogens (primary N) is 1. The molecule has 6 heteroatoms. The van der Waals surface area contributed by atoms with Gasteiger partial charge in [-0.1, -0.05) is 0 Å². The van der Waals surface area contributed by atoms with Crippen molar-refractivity contribution in [2.24, 2.45) is 5.84 Å². The smallest absolute Gasteiger partial charge is 0.323 e. The van der Waals surface area contributed by atoms with Gasteiger partial charge in [-0.15, -0.1) is 0 Å². The molecule has 0 aliphatic carbocycles. The van der Waals surface area contributed by atoms with Crippen LogP contribution in [0.1, 0.15) is 13.8 Å². The van der Waals surface area contributed by atoms with Crippen molar-refractivity contribution >= 4 is 11.8 Å². The number of hydrazine groups is 1. The summed E-state index contributed by atoms with van der Waals surface area (Å²) in [5.74, 6) is 3.13. The zero-order chi connectivity index (χ0) is 10.3. The molecule has 1 atom stereocenters. The molecule has 1 unspecified atom stereocenters. The number of rotatable bonds is 4. The zero-order valence-electron chi connectivity index (χ0n) is 7.79. The zero-order valence-corrected chi connectivity index (χ0v) is 7.79. The summed E-state index contributed by atoms with van der Waals surface area (Å²) in [7, 11) is 0. The van der Waals surface area contributed by atoms with Gasteiger partial charge in [0.1, 0.15) is 0 Å². The van der Waals surface area contributed by atoms with E-state index < -0.39 is 11.8 Å². The molecule has 0 aliphatic rings. The van der Waals surface area contributed by atoms with Crippen LogP contribution in [0.25, 0.3) is 0 Å². The third kappa shape index (κ3) is 5.15. The summed E-state index contributed by atoms with van der Waals surface area (Å²) >= 11 is 0. The summed E-state index contributed by atoms with van der Waals surface area (Å²) in [6.07, 6.45) is -0.112. The second-order valence-electron chi connectivity index (χ2n) is 2.45. The van der Waals surface area contributed by atoms with Crippen molar-refractivity contribution in [1.29, 1.82) is 0 Å². The van der Waals surface area contributed by atoms with Gasteiger partial charge in [-0.2, -0.15) is 0 Å². The van der Waals surface area contributed by atoms with Gasteiger partial charge < -0.3 is 10.1 Å². The van der Waals surface area contributed by atoms with Crippen molar-refractivity contribution in [1.82, 2.24) is 10.7 Å². The second-order valence-corrected chi connectivity index (χ2v) is 2.45. The van der Waals surface area contributed by atoms with Crippen LogP contribution in [0.3, 0.4) is 0 Å². The van der Waals surface area contributed by atoms with Crippen LogP contribution in [0.2, 0.25) is 0 Å². The lowest BCUT2D eigenvalue weighted by atomic mass is 10.4. The van der Waals surface area contributed by atoms with Gasteiger partial charge in [-0.05, 0) is 13.8 Å². The molecule has 0 spiro atoms. The maximum atomic E-state index is 10.8. The van der Waals surface area contributed by atoms with E-state index in [9.17, 15) is 9.59 Å². The van der Waals surface area contributed by atoms with Crippen LogP contribution in [0.5, 0.6) is 0 Å². The van der Waals surface area contributed by atoms with E-state index in [1.807, 2.05) is 6.92 Å². The minimum Gasteiger partial charge on any atom is -0.377 e. The van der Waals surface area contributed by atoms with Crippen molar-refractivity contribution in [3.63, 3.8) is 0 Å². The summed E-state index contributed by atoms with van der Waals surface area (Å²) in [6.45, 7) is 4.51. The quantitative estimate of drug-likeness (QED) is 0.217. The molecule has 76 valence electrons. The molecule has 13 heavy (non-hydrogen) atoms. The highest BCUT2D eigenvalue weighted by atomic mass is 16.5. The second kappa shape index (κ2) is 6.38. The van der Waals surface area contributed by atoms with Crippen molar-refractivity contribution in [2.75, 3.05) is 13.2 Å². The Kier molecular flexibility index (Phi) is 5.82. The highest BCUT2D eigenvalue weighted by Crippen LogP contribution is 1.86. The van der Waals surface area contributed by atoms with Gasteiger partial charge >= 0.3 is 11.8 Å². The summed E-state index contributed by atoms with van der Waals surface area (Å²) in [5, 5.41) is 2.36. The number of carbonyl (C=O) groups excluding carboxylic acids is 2.